The molecule has 3 aromatic rings. The van der Waals surface area contributed by atoms with E-state index in [1.807, 2.05) is 18.2 Å². The second-order valence-corrected chi connectivity index (χ2v) is 7.53. The van der Waals surface area contributed by atoms with E-state index in [-0.39, 0.29) is 11.9 Å². The molecule has 4 nitrogen and oxygen atoms in total. The van der Waals surface area contributed by atoms with E-state index in [0.29, 0.717) is 23.9 Å². The van der Waals surface area contributed by atoms with Gasteiger partial charge in [0.15, 0.2) is 0 Å². The molecule has 1 aliphatic heterocycles. The largest absolute Gasteiger partial charge is 0.377 e. The third kappa shape index (κ3) is 2.56. The van der Waals surface area contributed by atoms with Crippen LogP contribution in [0.5, 0.6) is 0 Å². The number of H-pyrrole nitrogens is 1. The summed E-state index contributed by atoms with van der Waals surface area (Å²) in [6.45, 7) is 4.15. The first-order valence-electron chi connectivity index (χ1n) is 9.79. The van der Waals surface area contributed by atoms with E-state index < -0.39 is 0 Å². The van der Waals surface area contributed by atoms with Gasteiger partial charge >= 0.3 is 0 Å². The van der Waals surface area contributed by atoms with Crippen LogP contribution in [0.2, 0.25) is 0 Å². The summed E-state index contributed by atoms with van der Waals surface area (Å²) in [6, 6.07) is 14.6. The van der Waals surface area contributed by atoms with Crippen molar-refractivity contribution in [3.63, 3.8) is 0 Å². The number of fused-ring (bicyclic) bond motifs is 4. The molecule has 5 rings (SSSR count). The van der Waals surface area contributed by atoms with Gasteiger partial charge in [0.1, 0.15) is 0 Å². The van der Waals surface area contributed by atoms with Crippen LogP contribution in [0.15, 0.2) is 73.5 Å². The zero-order valence-electron chi connectivity index (χ0n) is 15.6. The smallest absolute Gasteiger partial charge is 0.253 e. The third-order valence-electron chi connectivity index (χ3n) is 6.00. The number of allylic oxidation sites excluding steroid dienone is 2. The number of anilines is 1. The van der Waals surface area contributed by atoms with Gasteiger partial charge in [-0.15, -0.1) is 6.58 Å². The van der Waals surface area contributed by atoms with E-state index in [9.17, 15) is 4.79 Å². The minimum absolute atomic E-state index is 0.0673. The van der Waals surface area contributed by atoms with Crippen LogP contribution in [0, 0.1) is 5.92 Å². The van der Waals surface area contributed by atoms with Crippen molar-refractivity contribution in [2.75, 3.05) is 11.9 Å². The molecule has 2 aliphatic rings. The fourth-order valence-corrected chi connectivity index (χ4v) is 4.73. The molecule has 0 saturated heterocycles. The van der Waals surface area contributed by atoms with Crippen LogP contribution in [-0.4, -0.2) is 17.4 Å². The Morgan fingerprint density at radius 3 is 2.96 bits per heavy atom. The summed E-state index contributed by atoms with van der Waals surface area (Å²) >= 11 is 0. The number of carbonyl (C=O) groups is 1. The molecule has 2 aromatic carbocycles. The first-order chi connectivity index (χ1) is 13.8. The zero-order valence-corrected chi connectivity index (χ0v) is 15.6. The van der Waals surface area contributed by atoms with Gasteiger partial charge in [-0.1, -0.05) is 48.6 Å². The first-order valence-corrected chi connectivity index (χ1v) is 9.79. The maximum atomic E-state index is 12.8. The van der Waals surface area contributed by atoms with Gasteiger partial charge in [0.2, 0.25) is 0 Å². The number of carbonyl (C=O) groups excluding carboxylic acids is 1. The van der Waals surface area contributed by atoms with Crippen molar-refractivity contribution in [3.05, 3.63) is 90.2 Å². The Morgan fingerprint density at radius 2 is 2.07 bits per heavy atom. The number of rotatable bonds is 4. The minimum Gasteiger partial charge on any atom is -0.377 e. The Balaban J connectivity index is 1.61. The van der Waals surface area contributed by atoms with E-state index in [1.54, 1.807) is 6.08 Å². The van der Waals surface area contributed by atoms with Crippen molar-refractivity contribution in [2.24, 2.45) is 5.92 Å². The first kappa shape index (κ1) is 16.9. The summed E-state index contributed by atoms with van der Waals surface area (Å²) in [5.74, 6) is 0.697. The number of para-hydroxylation sites is 2. The monoisotopic (exact) mass is 369 g/mol. The molecule has 3 unspecified atom stereocenters. The van der Waals surface area contributed by atoms with E-state index >= 15 is 0 Å². The Hall–Kier alpha value is -3.27. The van der Waals surface area contributed by atoms with Crippen LogP contribution in [0.3, 0.4) is 0 Å². The Bertz CT molecular complexity index is 1090. The zero-order chi connectivity index (χ0) is 19.1. The molecule has 0 spiro atoms. The van der Waals surface area contributed by atoms with Gasteiger partial charge in [-0.25, -0.2) is 0 Å². The highest BCUT2D eigenvalue weighted by Crippen LogP contribution is 2.51. The Labute approximate surface area is 164 Å². The summed E-state index contributed by atoms with van der Waals surface area (Å²) in [5.41, 5.74) is 5.27. The molecule has 28 heavy (non-hydrogen) atoms. The third-order valence-corrected chi connectivity index (χ3v) is 6.00. The topological polar surface area (TPSA) is 56.9 Å². The van der Waals surface area contributed by atoms with Gasteiger partial charge in [-0.2, -0.15) is 0 Å². The molecule has 3 atom stereocenters. The standard InChI is InChI=1S/C24H23N3O/c1-2-13-25-24(28)19-11-6-10-17-15-8-5-9-18(15)23(27-22(17)19)20-14-26-21-12-4-3-7-16(20)21/h2-8,10-12,14-15,18,23,26-27H,1,9,13H2,(H,25,28). The van der Waals surface area contributed by atoms with E-state index in [2.05, 4.69) is 64.8 Å². The number of hydrogen-bond donors (Lipinski definition) is 3. The van der Waals surface area contributed by atoms with Crippen LogP contribution in [-0.2, 0) is 0 Å². The molecule has 0 bridgehead atoms. The van der Waals surface area contributed by atoms with Crippen molar-refractivity contribution < 1.29 is 4.79 Å². The lowest BCUT2D eigenvalue weighted by atomic mass is 9.76. The van der Waals surface area contributed by atoms with Crippen LogP contribution in [0.1, 0.15) is 39.9 Å². The summed E-state index contributed by atoms with van der Waals surface area (Å²) in [4.78, 5) is 16.2. The highest BCUT2D eigenvalue weighted by Gasteiger charge is 2.40. The molecule has 1 aromatic heterocycles. The van der Waals surface area contributed by atoms with Gasteiger partial charge < -0.3 is 15.6 Å². The quantitative estimate of drug-likeness (QED) is 0.572. The van der Waals surface area contributed by atoms with Crippen LogP contribution >= 0.6 is 0 Å². The maximum absolute atomic E-state index is 12.8. The average molecular weight is 369 g/mol. The lowest BCUT2D eigenvalue weighted by molar-refractivity contribution is 0.0958. The second kappa shape index (κ2) is 6.71. The van der Waals surface area contributed by atoms with E-state index in [1.165, 1.54) is 16.5 Å². The van der Waals surface area contributed by atoms with Gasteiger partial charge in [-0.05, 0) is 35.6 Å². The number of amides is 1. The van der Waals surface area contributed by atoms with E-state index in [4.69, 9.17) is 0 Å². The van der Waals surface area contributed by atoms with Crippen LogP contribution in [0.4, 0.5) is 5.69 Å². The van der Waals surface area contributed by atoms with Crippen molar-refractivity contribution in [3.8, 4) is 0 Å². The molecule has 1 aliphatic carbocycles. The fourth-order valence-electron chi connectivity index (χ4n) is 4.73. The van der Waals surface area contributed by atoms with Crippen LogP contribution < -0.4 is 10.6 Å². The summed E-state index contributed by atoms with van der Waals surface area (Å²) in [7, 11) is 0. The molecule has 4 heteroatoms. The molecule has 140 valence electrons. The Morgan fingerprint density at radius 1 is 1.18 bits per heavy atom. The average Bonchev–Trinajstić information content (AvgIpc) is 3.38. The van der Waals surface area contributed by atoms with Gasteiger partial charge in [-0.3, -0.25) is 4.79 Å². The number of aromatic amines is 1. The molecule has 0 radical (unpaired) electrons. The minimum atomic E-state index is -0.0673. The molecule has 0 fully saturated rings. The SMILES string of the molecule is C=CCNC(=O)c1cccc2c1NC(c1c[nH]c3ccccc13)C1CC=CC21. The van der Waals surface area contributed by atoms with Crippen molar-refractivity contribution in [1.82, 2.24) is 10.3 Å². The second-order valence-electron chi connectivity index (χ2n) is 7.53. The maximum Gasteiger partial charge on any atom is 0.253 e. The molecule has 3 N–H and O–H groups in total. The summed E-state index contributed by atoms with van der Waals surface area (Å²) < 4.78 is 0. The Kier molecular flexibility index (Phi) is 4.05. The summed E-state index contributed by atoms with van der Waals surface area (Å²) in [6.07, 6.45) is 9.43. The molecular formula is C24H23N3O. The predicted octanol–water partition coefficient (Wildman–Crippen LogP) is 4.91. The van der Waals surface area contributed by atoms with Gasteiger partial charge in [0, 0.05) is 29.6 Å². The van der Waals surface area contributed by atoms with Gasteiger partial charge in [0.25, 0.3) is 5.91 Å². The fraction of sp³-hybridized carbons (Fsp3) is 0.208. The number of hydrogen-bond acceptors (Lipinski definition) is 2. The molecule has 0 saturated carbocycles. The lowest BCUT2D eigenvalue weighted by Crippen LogP contribution is -2.32. The number of benzene rings is 2. The lowest BCUT2D eigenvalue weighted by Gasteiger charge is -2.38. The summed E-state index contributed by atoms with van der Waals surface area (Å²) in [5, 5.41) is 7.90. The number of aromatic nitrogens is 1. The molecule has 1 amide bonds. The predicted molar refractivity (Wildman–Crippen MR) is 114 cm³/mol. The van der Waals surface area contributed by atoms with Gasteiger partial charge in [0.05, 0.1) is 17.3 Å². The highest BCUT2D eigenvalue weighted by molar-refractivity contribution is 6.01. The normalized spacial score (nSPS) is 22.4. The van der Waals surface area contributed by atoms with E-state index in [0.717, 1.165) is 17.6 Å². The van der Waals surface area contributed by atoms with Crippen molar-refractivity contribution >= 4 is 22.5 Å². The molecular weight excluding hydrogens is 346 g/mol. The highest BCUT2D eigenvalue weighted by atomic mass is 16.1. The van der Waals surface area contributed by atoms with Crippen molar-refractivity contribution in [2.45, 2.75) is 18.4 Å². The van der Waals surface area contributed by atoms with Crippen molar-refractivity contribution in [1.29, 1.82) is 0 Å². The molecule has 2 heterocycles. The number of nitrogens with one attached hydrogen (secondary N) is 3. The van der Waals surface area contributed by atoms with Crippen LogP contribution in [0.25, 0.3) is 10.9 Å².